The highest BCUT2D eigenvalue weighted by Crippen LogP contribution is 2.20. The molecule has 2 N–H and O–H groups in total. The third-order valence-corrected chi connectivity index (χ3v) is 5.30. The van der Waals surface area contributed by atoms with Crippen molar-refractivity contribution in [3.63, 3.8) is 0 Å². The Labute approximate surface area is 206 Å². The average molecular weight is 489 g/mol. The fourth-order valence-electron chi connectivity index (χ4n) is 3.42. The Morgan fingerprint density at radius 2 is 1.81 bits per heavy atom. The number of carbonyl (C=O) groups is 4. The number of urea groups is 1. The molecule has 2 aromatic carbocycles. The van der Waals surface area contributed by atoms with Crippen LogP contribution in [0.1, 0.15) is 27.4 Å². The number of esters is 1. The number of carbonyl (C=O) groups excluding carboxylic acids is 4. The van der Waals surface area contributed by atoms with Crippen molar-refractivity contribution in [3.8, 4) is 5.75 Å². The van der Waals surface area contributed by atoms with Crippen LogP contribution in [0.4, 0.5) is 10.5 Å². The maximum Gasteiger partial charge on any atom is 0.373 e. The number of hydrogen-bond acceptors (Lipinski definition) is 7. The monoisotopic (exact) mass is 489 g/mol. The van der Waals surface area contributed by atoms with E-state index < -0.39 is 17.9 Å². The highest BCUT2D eigenvalue weighted by molar-refractivity contribution is 6.13. The SMILES string of the molecule is COC(=O)c1ccc(CN2C(=O)NC(=Cc3ccc(OCC(=O)Nc4ccccc4C)cc3)C2=O)o1. The summed E-state index contributed by atoms with van der Waals surface area (Å²) in [6.45, 7) is 1.59. The van der Waals surface area contributed by atoms with Crippen molar-refractivity contribution in [3.05, 3.63) is 89.0 Å². The maximum atomic E-state index is 12.7. The molecule has 0 unspecified atom stereocenters. The summed E-state index contributed by atoms with van der Waals surface area (Å²) in [4.78, 5) is 49.7. The van der Waals surface area contributed by atoms with Crippen LogP contribution in [0.3, 0.4) is 0 Å². The predicted molar refractivity (Wildman–Crippen MR) is 129 cm³/mol. The summed E-state index contributed by atoms with van der Waals surface area (Å²) >= 11 is 0. The lowest BCUT2D eigenvalue weighted by Gasteiger charge is -2.09. The van der Waals surface area contributed by atoms with Crippen LogP contribution < -0.4 is 15.4 Å². The number of para-hydroxylation sites is 1. The molecule has 1 aromatic heterocycles. The lowest BCUT2D eigenvalue weighted by Crippen LogP contribution is -2.30. The predicted octanol–water partition coefficient (Wildman–Crippen LogP) is 3.49. The van der Waals surface area contributed by atoms with E-state index in [2.05, 4.69) is 15.4 Å². The minimum atomic E-state index is -0.654. The standard InChI is InChI=1S/C26H23N3O7/c1-16-5-3-4-6-20(16)27-23(30)15-35-18-9-7-17(8-10-18)13-21-24(31)29(26(33)28-21)14-19-11-12-22(36-19)25(32)34-2/h3-13H,14-15H2,1-2H3,(H,27,30)(H,28,33). The van der Waals surface area contributed by atoms with E-state index in [1.165, 1.54) is 25.3 Å². The van der Waals surface area contributed by atoms with Gasteiger partial charge in [0.05, 0.1) is 13.7 Å². The van der Waals surface area contributed by atoms with Crippen molar-refractivity contribution in [2.45, 2.75) is 13.5 Å². The molecule has 4 rings (SSSR count). The normalized spacial score (nSPS) is 14.1. The van der Waals surface area contributed by atoms with Gasteiger partial charge in [0.2, 0.25) is 5.76 Å². The highest BCUT2D eigenvalue weighted by atomic mass is 16.5. The minimum Gasteiger partial charge on any atom is -0.484 e. The number of ether oxygens (including phenoxy) is 2. The van der Waals surface area contributed by atoms with Crippen molar-refractivity contribution >= 4 is 35.6 Å². The Morgan fingerprint density at radius 1 is 1.06 bits per heavy atom. The second-order valence-electron chi connectivity index (χ2n) is 7.86. The first-order valence-electron chi connectivity index (χ1n) is 10.9. The van der Waals surface area contributed by atoms with E-state index in [1.54, 1.807) is 24.3 Å². The van der Waals surface area contributed by atoms with Crippen LogP contribution in [0.2, 0.25) is 0 Å². The molecule has 10 nitrogen and oxygen atoms in total. The first-order valence-corrected chi connectivity index (χ1v) is 10.9. The largest absolute Gasteiger partial charge is 0.484 e. The fourth-order valence-corrected chi connectivity index (χ4v) is 3.42. The van der Waals surface area contributed by atoms with Crippen LogP contribution >= 0.6 is 0 Å². The summed E-state index contributed by atoms with van der Waals surface area (Å²) in [6, 6.07) is 16.4. The van der Waals surface area contributed by atoms with Crippen molar-refractivity contribution in [2.24, 2.45) is 0 Å². The number of furan rings is 1. The number of aryl methyl sites for hydroxylation is 1. The lowest BCUT2D eigenvalue weighted by atomic mass is 10.2. The molecule has 1 aliphatic rings. The van der Waals surface area contributed by atoms with E-state index in [0.717, 1.165) is 16.2 Å². The number of nitrogens with zero attached hydrogens (tertiary/aromatic N) is 1. The summed E-state index contributed by atoms with van der Waals surface area (Å²) in [5, 5.41) is 5.32. The Kier molecular flexibility index (Phi) is 7.15. The van der Waals surface area contributed by atoms with Crippen LogP contribution in [0.15, 0.2) is 70.8 Å². The van der Waals surface area contributed by atoms with Crippen LogP contribution in [-0.4, -0.2) is 42.4 Å². The highest BCUT2D eigenvalue weighted by Gasteiger charge is 2.34. The Hall–Kier alpha value is -4.86. The molecule has 0 saturated carbocycles. The molecule has 4 amide bonds. The van der Waals surface area contributed by atoms with Crippen LogP contribution in [0.5, 0.6) is 5.75 Å². The van der Waals surface area contributed by atoms with Crippen molar-refractivity contribution in [1.29, 1.82) is 0 Å². The third kappa shape index (κ3) is 5.61. The molecule has 0 spiro atoms. The van der Waals surface area contributed by atoms with E-state index in [1.807, 2.05) is 31.2 Å². The van der Waals surface area contributed by atoms with Gasteiger partial charge >= 0.3 is 12.0 Å². The number of anilines is 1. The molecule has 3 aromatic rings. The summed E-state index contributed by atoms with van der Waals surface area (Å²) in [5.41, 5.74) is 2.40. The van der Waals surface area contributed by atoms with Crippen LogP contribution in [0, 0.1) is 6.92 Å². The number of rotatable bonds is 8. The van der Waals surface area contributed by atoms with Crippen LogP contribution in [0.25, 0.3) is 6.08 Å². The zero-order valence-corrected chi connectivity index (χ0v) is 19.6. The lowest BCUT2D eigenvalue weighted by molar-refractivity contribution is -0.123. The van der Waals surface area contributed by atoms with Gasteiger partial charge < -0.3 is 24.5 Å². The second-order valence-corrected chi connectivity index (χ2v) is 7.86. The average Bonchev–Trinajstić information content (AvgIpc) is 3.45. The van der Waals surface area contributed by atoms with Crippen molar-refractivity contribution < 1.29 is 33.1 Å². The van der Waals surface area contributed by atoms with Gasteiger partial charge in [-0.05, 0) is 54.5 Å². The molecule has 0 bridgehead atoms. The molecule has 0 atom stereocenters. The van der Waals surface area contributed by atoms with E-state index in [9.17, 15) is 19.2 Å². The van der Waals surface area contributed by atoms with E-state index in [0.29, 0.717) is 11.3 Å². The van der Waals surface area contributed by atoms with Crippen molar-refractivity contribution in [2.75, 3.05) is 19.0 Å². The Bertz CT molecular complexity index is 1340. The van der Waals surface area contributed by atoms with Gasteiger partial charge in [-0.1, -0.05) is 30.3 Å². The number of amides is 4. The summed E-state index contributed by atoms with van der Waals surface area (Å²) in [6.07, 6.45) is 1.52. The zero-order valence-electron chi connectivity index (χ0n) is 19.6. The summed E-state index contributed by atoms with van der Waals surface area (Å²) < 4.78 is 15.4. The fraction of sp³-hybridized carbons (Fsp3) is 0.154. The molecule has 10 heteroatoms. The van der Waals surface area contributed by atoms with Crippen molar-refractivity contribution in [1.82, 2.24) is 10.2 Å². The molecule has 2 heterocycles. The Morgan fingerprint density at radius 3 is 2.53 bits per heavy atom. The second kappa shape index (κ2) is 10.6. The van der Waals surface area contributed by atoms with Crippen LogP contribution in [-0.2, 0) is 20.9 Å². The molecular weight excluding hydrogens is 466 g/mol. The molecule has 0 radical (unpaired) electrons. The van der Waals surface area contributed by atoms with Gasteiger partial charge in [-0.2, -0.15) is 0 Å². The minimum absolute atomic E-state index is 0.0229. The van der Waals surface area contributed by atoms with Gasteiger partial charge in [-0.15, -0.1) is 0 Å². The number of nitrogens with one attached hydrogen (secondary N) is 2. The first-order chi connectivity index (χ1) is 17.3. The smallest absolute Gasteiger partial charge is 0.373 e. The number of methoxy groups -OCH3 is 1. The van der Waals surface area contributed by atoms with Gasteiger partial charge in [0.25, 0.3) is 11.8 Å². The quantitative estimate of drug-likeness (QED) is 0.282. The Balaban J connectivity index is 1.34. The molecule has 0 aliphatic carbocycles. The van der Waals surface area contributed by atoms with Gasteiger partial charge in [0.15, 0.2) is 6.61 Å². The molecular formula is C26H23N3O7. The van der Waals surface area contributed by atoms with Gasteiger partial charge in [0.1, 0.15) is 17.2 Å². The third-order valence-electron chi connectivity index (χ3n) is 5.30. The van der Waals surface area contributed by atoms with E-state index >= 15 is 0 Å². The van der Waals surface area contributed by atoms with Gasteiger partial charge in [0, 0.05) is 5.69 Å². The summed E-state index contributed by atoms with van der Waals surface area (Å²) in [5.74, 6) is -0.772. The molecule has 1 aliphatic heterocycles. The van der Waals surface area contributed by atoms with Gasteiger partial charge in [-0.3, -0.25) is 14.5 Å². The molecule has 1 fully saturated rings. The number of benzene rings is 2. The van der Waals surface area contributed by atoms with E-state index in [-0.39, 0.29) is 36.3 Å². The maximum absolute atomic E-state index is 12.7. The number of hydrogen-bond donors (Lipinski definition) is 2. The molecule has 36 heavy (non-hydrogen) atoms. The van der Waals surface area contributed by atoms with Gasteiger partial charge in [-0.25, -0.2) is 9.59 Å². The molecule has 1 saturated heterocycles. The van der Waals surface area contributed by atoms with E-state index in [4.69, 9.17) is 9.15 Å². The first kappa shape index (κ1) is 24.3. The summed E-state index contributed by atoms with van der Waals surface area (Å²) in [7, 11) is 1.22. The topological polar surface area (TPSA) is 127 Å². The zero-order chi connectivity index (χ0) is 25.7. The molecule has 184 valence electrons. The number of imide groups is 1.